The molecular weight excluding hydrogens is 508 g/mol. The fraction of sp³-hybridized carbons (Fsp3) is 0.267. The smallest absolute Gasteiger partial charge is 0.272 e. The van der Waals surface area contributed by atoms with Crippen molar-refractivity contribution in [2.45, 2.75) is 38.8 Å². The third-order valence-corrected chi connectivity index (χ3v) is 6.57. The molecule has 2 aromatic heterocycles. The monoisotopic (exact) mass is 536 g/mol. The number of hydrogen-bond acceptors (Lipinski definition) is 7. The number of nitrogens with zero attached hydrogens (tertiary/aromatic N) is 4. The topological polar surface area (TPSA) is 128 Å². The number of carbonyl (C=O) groups excluding carboxylic acids is 2. The number of rotatable bonds is 6. The van der Waals surface area contributed by atoms with Gasteiger partial charge in [0, 0.05) is 24.6 Å². The lowest BCUT2D eigenvalue weighted by atomic mass is 10.1. The molecule has 0 aliphatic carbocycles. The Balaban J connectivity index is 1.51. The molecule has 2 aromatic carbocycles. The third-order valence-electron chi connectivity index (χ3n) is 6.57. The molecule has 1 aliphatic heterocycles. The molecule has 202 valence electrons. The van der Waals surface area contributed by atoms with Gasteiger partial charge in [-0.1, -0.05) is 36.1 Å². The van der Waals surface area contributed by atoms with Crippen molar-refractivity contribution in [2.24, 2.45) is 0 Å². The maximum atomic E-state index is 14.0. The average molecular weight is 537 g/mol. The Morgan fingerprint density at radius 2 is 1.93 bits per heavy atom. The number of aryl methyl sites for hydroxylation is 1. The molecule has 0 radical (unpaired) electrons. The summed E-state index contributed by atoms with van der Waals surface area (Å²) in [4.78, 5) is 52.3. The van der Waals surface area contributed by atoms with Crippen LogP contribution in [0.25, 0.3) is 16.6 Å². The molecule has 2 N–H and O–H groups in total. The number of nitrogens with one attached hydrogen (secondary N) is 2. The molecule has 2 amide bonds. The minimum absolute atomic E-state index is 0.123. The van der Waals surface area contributed by atoms with Crippen molar-refractivity contribution in [3.05, 3.63) is 94.1 Å². The Bertz CT molecular complexity index is 1680. The molecular formula is C30H28N6O4. The summed E-state index contributed by atoms with van der Waals surface area (Å²) in [6.45, 7) is 4.18. The van der Waals surface area contributed by atoms with Crippen LogP contribution in [0, 0.1) is 18.8 Å². The van der Waals surface area contributed by atoms with Gasteiger partial charge in [0.2, 0.25) is 5.91 Å². The second-order valence-corrected chi connectivity index (χ2v) is 9.35. The number of fused-ring (bicyclic) bond motifs is 1. The van der Waals surface area contributed by atoms with Gasteiger partial charge in [-0.05, 0) is 51.0 Å². The van der Waals surface area contributed by atoms with E-state index in [-0.39, 0.29) is 23.7 Å². The number of para-hydroxylation sites is 1. The fourth-order valence-corrected chi connectivity index (χ4v) is 4.60. The Morgan fingerprint density at radius 1 is 1.12 bits per heavy atom. The molecule has 1 aliphatic rings. The van der Waals surface area contributed by atoms with E-state index in [0.29, 0.717) is 46.7 Å². The summed E-state index contributed by atoms with van der Waals surface area (Å²) in [6, 6.07) is 13.7. The van der Waals surface area contributed by atoms with Crippen molar-refractivity contribution in [1.82, 2.24) is 30.2 Å². The Morgan fingerprint density at radius 3 is 2.67 bits per heavy atom. The number of carbonyl (C=O) groups is 2. The first-order valence-electron chi connectivity index (χ1n) is 13.0. The van der Waals surface area contributed by atoms with Crippen LogP contribution in [0.3, 0.4) is 0 Å². The van der Waals surface area contributed by atoms with Gasteiger partial charge in [0.05, 0.1) is 34.9 Å². The number of benzene rings is 2. The van der Waals surface area contributed by atoms with Crippen LogP contribution in [0.2, 0.25) is 0 Å². The van der Waals surface area contributed by atoms with Gasteiger partial charge in [-0.15, -0.1) is 0 Å². The highest BCUT2D eigenvalue weighted by molar-refractivity contribution is 5.93. The first-order valence-corrected chi connectivity index (χ1v) is 13.0. The lowest BCUT2D eigenvalue weighted by Crippen LogP contribution is -2.34. The fourth-order valence-electron chi connectivity index (χ4n) is 4.60. The highest BCUT2D eigenvalue weighted by Crippen LogP contribution is 2.20. The molecule has 1 saturated heterocycles. The summed E-state index contributed by atoms with van der Waals surface area (Å²) in [5.41, 5.74) is 1.90. The maximum Gasteiger partial charge on any atom is 0.272 e. The third kappa shape index (κ3) is 5.60. The first-order chi connectivity index (χ1) is 19.4. The standard InChI is InChI=1S/C30H28N6O4/c1-19-26(32-17-16-31-19)29(38)34-20(2)27-35-23-13-6-9-21(10-7-15-33-28(37)24-14-8-18-40-24)25(23)30(39)36(27)22-11-4-3-5-12-22/h3-6,9,11-13,16-17,20,24H,8,14-15,18H2,1-2H3,(H,33,37)(H,34,38)/t20?,24-/m1/s1. The molecule has 2 atom stereocenters. The van der Waals surface area contributed by atoms with Crippen LogP contribution < -0.4 is 16.2 Å². The van der Waals surface area contributed by atoms with Crippen molar-refractivity contribution in [3.8, 4) is 17.5 Å². The molecule has 5 rings (SSSR count). The first kappa shape index (κ1) is 26.7. The molecule has 1 fully saturated rings. The molecule has 1 unspecified atom stereocenters. The van der Waals surface area contributed by atoms with E-state index in [9.17, 15) is 14.4 Å². The van der Waals surface area contributed by atoms with Gasteiger partial charge in [0.15, 0.2) is 0 Å². The van der Waals surface area contributed by atoms with Gasteiger partial charge >= 0.3 is 0 Å². The predicted molar refractivity (Wildman–Crippen MR) is 149 cm³/mol. The van der Waals surface area contributed by atoms with Crippen molar-refractivity contribution < 1.29 is 14.3 Å². The quantitative estimate of drug-likeness (QED) is 0.363. The second kappa shape index (κ2) is 11.9. The number of hydrogen-bond donors (Lipinski definition) is 2. The van der Waals surface area contributed by atoms with Gasteiger partial charge in [0.25, 0.3) is 11.5 Å². The summed E-state index contributed by atoms with van der Waals surface area (Å²) in [5, 5.41) is 6.02. The predicted octanol–water partition coefficient (Wildman–Crippen LogP) is 2.62. The van der Waals surface area contributed by atoms with E-state index < -0.39 is 18.1 Å². The van der Waals surface area contributed by atoms with Gasteiger partial charge in [-0.25, -0.2) is 9.97 Å². The van der Waals surface area contributed by atoms with Gasteiger partial charge < -0.3 is 15.4 Å². The van der Waals surface area contributed by atoms with Gasteiger partial charge in [0.1, 0.15) is 17.6 Å². The van der Waals surface area contributed by atoms with E-state index in [1.807, 2.05) is 18.2 Å². The molecule has 40 heavy (non-hydrogen) atoms. The Hall–Kier alpha value is -4.88. The summed E-state index contributed by atoms with van der Waals surface area (Å²) in [7, 11) is 0. The largest absolute Gasteiger partial charge is 0.368 e. The second-order valence-electron chi connectivity index (χ2n) is 9.35. The number of ether oxygens (including phenoxy) is 1. The van der Waals surface area contributed by atoms with E-state index in [4.69, 9.17) is 9.72 Å². The van der Waals surface area contributed by atoms with Crippen LogP contribution >= 0.6 is 0 Å². The van der Waals surface area contributed by atoms with Crippen LogP contribution in [0.4, 0.5) is 0 Å². The molecule has 4 aromatic rings. The number of amides is 2. The summed E-state index contributed by atoms with van der Waals surface area (Å²) < 4.78 is 6.89. The van der Waals surface area contributed by atoms with E-state index in [1.54, 1.807) is 44.2 Å². The van der Waals surface area contributed by atoms with Crippen LogP contribution in [0.5, 0.6) is 0 Å². The molecule has 0 spiro atoms. The molecule has 0 bridgehead atoms. The average Bonchev–Trinajstić information content (AvgIpc) is 3.51. The molecule has 3 heterocycles. The van der Waals surface area contributed by atoms with Crippen molar-refractivity contribution in [1.29, 1.82) is 0 Å². The van der Waals surface area contributed by atoms with Crippen LogP contribution in [-0.4, -0.2) is 50.6 Å². The lowest BCUT2D eigenvalue weighted by Gasteiger charge is -2.20. The zero-order valence-electron chi connectivity index (χ0n) is 22.2. The zero-order chi connectivity index (χ0) is 28.1. The molecule has 10 nitrogen and oxygen atoms in total. The Labute approximate surface area is 230 Å². The van der Waals surface area contributed by atoms with Crippen LogP contribution in [0.1, 0.15) is 53.4 Å². The van der Waals surface area contributed by atoms with Crippen molar-refractivity contribution in [3.63, 3.8) is 0 Å². The van der Waals surface area contributed by atoms with Crippen LogP contribution in [-0.2, 0) is 9.53 Å². The van der Waals surface area contributed by atoms with E-state index in [2.05, 4.69) is 32.4 Å². The summed E-state index contributed by atoms with van der Waals surface area (Å²) >= 11 is 0. The van der Waals surface area contributed by atoms with Gasteiger partial charge in [-0.2, -0.15) is 0 Å². The van der Waals surface area contributed by atoms with Crippen molar-refractivity contribution >= 4 is 22.7 Å². The normalized spacial score (nSPS) is 15.2. The zero-order valence-corrected chi connectivity index (χ0v) is 22.2. The van der Waals surface area contributed by atoms with E-state index >= 15 is 0 Å². The van der Waals surface area contributed by atoms with E-state index in [0.717, 1.165) is 6.42 Å². The maximum absolute atomic E-state index is 14.0. The highest BCUT2D eigenvalue weighted by atomic mass is 16.5. The molecule has 10 heteroatoms. The van der Waals surface area contributed by atoms with E-state index in [1.165, 1.54) is 17.0 Å². The summed E-state index contributed by atoms with van der Waals surface area (Å²) in [6.07, 6.45) is 4.11. The number of aromatic nitrogens is 4. The summed E-state index contributed by atoms with van der Waals surface area (Å²) in [5.74, 6) is 5.71. The lowest BCUT2D eigenvalue weighted by molar-refractivity contribution is -0.129. The van der Waals surface area contributed by atoms with Crippen LogP contribution in [0.15, 0.2) is 65.7 Å². The van der Waals surface area contributed by atoms with Crippen molar-refractivity contribution in [2.75, 3.05) is 13.2 Å². The SMILES string of the molecule is Cc1nccnc1C(=O)NC(C)c1nc2cccc(C#CCNC(=O)[C@H]3CCCO3)c2c(=O)n1-c1ccccc1. The minimum Gasteiger partial charge on any atom is -0.368 e. The molecule has 0 saturated carbocycles. The van der Waals surface area contributed by atoms with Gasteiger partial charge in [-0.3, -0.25) is 23.9 Å². The highest BCUT2D eigenvalue weighted by Gasteiger charge is 2.23. The minimum atomic E-state index is -0.644. The Kier molecular flexibility index (Phi) is 7.94.